The fourth-order valence-corrected chi connectivity index (χ4v) is 3.96. The summed E-state index contributed by atoms with van der Waals surface area (Å²) in [5.41, 5.74) is 4.03. The van der Waals surface area contributed by atoms with Crippen LogP contribution < -0.4 is 5.56 Å². The first kappa shape index (κ1) is 17.1. The SMILES string of the molecule is CCSc1ccc(C(=CC2CCCC2)c2ccc(C)c(=O)[nH]2)cc1. The summed E-state index contributed by atoms with van der Waals surface area (Å²) >= 11 is 1.85. The van der Waals surface area contributed by atoms with Gasteiger partial charge in [0.1, 0.15) is 0 Å². The van der Waals surface area contributed by atoms with Crippen molar-refractivity contribution in [2.45, 2.75) is 44.4 Å². The third-order valence-corrected chi connectivity index (χ3v) is 5.57. The Kier molecular flexibility index (Phi) is 5.62. The van der Waals surface area contributed by atoms with E-state index < -0.39 is 0 Å². The summed E-state index contributed by atoms with van der Waals surface area (Å²) < 4.78 is 0. The number of aryl methyl sites for hydroxylation is 1. The van der Waals surface area contributed by atoms with E-state index in [1.165, 1.54) is 36.1 Å². The molecular formula is C21H25NOS. The second-order valence-corrected chi connectivity index (χ2v) is 7.80. The molecule has 1 fully saturated rings. The molecule has 2 nitrogen and oxygen atoms in total. The zero-order chi connectivity index (χ0) is 16.9. The Morgan fingerprint density at radius 2 is 1.88 bits per heavy atom. The lowest BCUT2D eigenvalue weighted by molar-refractivity contribution is 0.687. The van der Waals surface area contributed by atoms with E-state index in [4.69, 9.17) is 0 Å². The predicted molar refractivity (Wildman–Crippen MR) is 104 cm³/mol. The fraction of sp³-hybridized carbons (Fsp3) is 0.381. The van der Waals surface area contributed by atoms with Gasteiger partial charge in [-0.25, -0.2) is 0 Å². The van der Waals surface area contributed by atoms with Crippen LogP contribution in [-0.4, -0.2) is 10.7 Å². The number of aromatic amines is 1. The molecule has 1 saturated carbocycles. The fourth-order valence-electron chi connectivity index (χ4n) is 3.30. The number of rotatable bonds is 5. The summed E-state index contributed by atoms with van der Waals surface area (Å²) in [7, 11) is 0. The molecule has 3 rings (SSSR count). The maximum absolute atomic E-state index is 12.1. The molecule has 0 amide bonds. The summed E-state index contributed by atoms with van der Waals surface area (Å²) in [5.74, 6) is 1.70. The van der Waals surface area contributed by atoms with Gasteiger partial charge in [-0.3, -0.25) is 4.79 Å². The van der Waals surface area contributed by atoms with Crippen molar-refractivity contribution in [3.05, 3.63) is 69.6 Å². The topological polar surface area (TPSA) is 32.9 Å². The summed E-state index contributed by atoms with van der Waals surface area (Å²) in [6.45, 7) is 4.01. The third kappa shape index (κ3) is 4.02. The molecule has 1 aromatic carbocycles. The Bertz CT molecular complexity index is 767. The van der Waals surface area contributed by atoms with E-state index in [9.17, 15) is 4.79 Å². The maximum atomic E-state index is 12.1. The van der Waals surface area contributed by atoms with Gasteiger partial charge in [-0.1, -0.05) is 44.0 Å². The van der Waals surface area contributed by atoms with Gasteiger partial charge in [0, 0.05) is 21.7 Å². The van der Waals surface area contributed by atoms with Crippen LogP contribution in [0.25, 0.3) is 5.57 Å². The average molecular weight is 340 g/mol. The minimum Gasteiger partial charge on any atom is -0.322 e. The maximum Gasteiger partial charge on any atom is 0.251 e. The van der Waals surface area contributed by atoms with Gasteiger partial charge in [-0.2, -0.15) is 0 Å². The number of hydrogen-bond acceptors (Lipinski definition) is 2. The molecule has 2 aromatic rings. The van der Waals surface area contributed by atoms with Crippen LogP contribution in [0.2, 0.25) is 0 Å². The van der Waals surface area contributed by atoms with Gasteiger partial charge in [0.25, 0.3) is 5.56 Å². The molecule has 0 aliphatic heterocycles. The molecule has 3 heteroatoms. The molecule has 1 aliphatic carbocycles. The number of hydrogen-bond donors (Lipinski definition) is 1. The Labute approximate surface area is 148 Å². The number of nitrogens with one attached hydrogen (secondary N) is 1. The van der Waals surface area contributed by atoms with Crippen molar-refractivity contribution in [2.75, 3.05) is 5.75 Å². The van der Waals surface area contributed by atoms with E-state index in [0.29, 0.717) is 5.92 Å². The van der Waals surface area contributed by atoms with Crippen LogP contribution in [0.4, 0.5) is 0 Å². The zero-order valence-corrected chi connectivity index (χ0v) is 15.3. The highest BCUT2D eigenvalue weighted by Crippen LogP contribution is 2.32. The Balaban J connectivity index is 2.00. The van der Waals surface area contributed by atoms with Gasteiger partial charge in [0.05, 0.1) is 0 Å². The lowest BCUT2D eigenvalue weighted by Crippen LogP contribution is -2.11. The van der Waals surface area contributed by atoms with Crippen LogP contribution in [0, 0.1) is 12.8 Å². The van der Waals surface area contributed by atoms with Crippen LogP contribution in [0.3, 0.4) is 0 Å². The van der Waals surface area contributed by atoms with Gasteiger partial charge in [0.15, 0.2) is 0 Å². The minimum atomic E-state index is 0.00276. The molecule has 0 unspecified atom stereocenters. The monoisotopic (exact) mass is 339 g/mol. The van der Waals surface area contributed by atoms with Crippen molar-refractivity contribution in [1.29, 1.82) is 0 Å². The predicted octanol–water partition coefficient (Wildman–Crippen LogP) is 5.42. The van der Waals surface area contributed by atoms with Gasteiger partial charge in [-0.15, -0.1) is 11.8 Å². The van der Waals surface area contributed by atoms with Crippen molar-refractivity contribution in [1.82, 2.24) is 4.98 Å². The van der Waals surface area contributed by atoms with Crippen molar-refractivity contribution < 1.29 is 0 Å². The Morgan fingerprint density at radius 1 is 1.17 bits per heavy atom. The molecule has 1 heterocycles. The van der Waals surface area contributed by atoms with Crippen molar-refractivity contribution >= 4 is 17.3 Å². The van der Waals surface area contributed by atoms with Crippen LogP contribution in [0.15, 0.2) is 52.2 Å². The van der Waals surface area contributed by atoms with Gasteiger partial charge < -0.3 is 4.98 Å². The second-order valence-electron chi connectivity index (χ2n) is 6.47. The lowest BCUT2D eigenvalue weighted by atomic mass is 9.96. The molecule has 126 valence electrons. The second kappa shape index (κ2) is 7.89. The number of benzene rings is 1. The third-order valence-electron chi connectivity index (χ3n) is 4.68. The molecule has 0 spiro atoms. The molecule has 1 aromatic heterocycles. The van der Waals surface area contributed by atoms with E-state index in [-0.39, 0.29) is 5.56 Å². The summed E-state index contributed by atoms with van der Waals surface area (Å²) in [6.07, 6.45) is 7.50. The standard InChI is InChI=1S/C21H25NOS/c1-3-24-18-11-9-17(10-12-18)19(14-16-6-4-5-7-16)20-13-8-15(2)21(23)22-20/h8-14,16H,3-7H2,1-2H3,(H,22,23). The molecule has 1 aliphatic rings. The number of H-pyrrole nitrogens is 1. The first-order valence-corrected chi connectivity index (χ1v) is 9.81. The Hall–Kier alpha value is -1.74. The molecule has 0 bridgehead atoms. The molecular weight excluding hydrogens is 314 g/mol. The Morgan fingerprint density at radius 3 is 2.50 bits per heavy atom. The molecule has 24 heavy (non-hydrogen) atoms. The van der Waals surface area contributed by atoms with Crippen molar-refractivity contribution in [2.24, 2.45) is 5.92 Å². The highest BCUT2D eigenvalue weighted by molar-refractivity contribution is 7.99. The van der Waals surface area contributed by atoms with Crippen molar-refractivity contribution in [3.63, 3.8) is 0 Å². The van der Waals surface area contributed by atoms with Gasteiger partial charge >= 0.3 is 0 Å². The first-order valence-electron chi connectivity index (χ1n) is 8.82. The highest BCUT2D eigenvalue weighted by Gasteiger charge is 2.16. The van der Waals surface area contributed by atoms with E-state index in [1.807, 2.05) is 30.8 Å². The summed E-state index contributed by atoms with van der Waals surface area (Å²) in [4.78, 5) is 16.4. The van der Waals surface area contributed by atoms with Crippen LogP contribution in [0.5, 0.6) is 0 Å². The largest absolute Gasteiger partial charge is 0.322 e. The van der Waals surface area contributed by atoms with Crippen molar-refractivity contribution in [3.8, 4) is 0 Å². The average Bonchev–Trinajstić information content (AvgIpc) is 3.10. The van der Waals surface area contributed by atoms with Crippen LogP contribution in [0.1, 0.15) is 49.4 Å². The van der Waals surface area contributed by atoms with E-state index in [1.54, 1.807) is 0 Å². The smallest absolute Gasteiger partial charge is 0.251 e. The van der Waals surface area contributed by atoms with Gasteiger partial charge in [0.2, 0.25) is 0 Å². The van der Waals surface area contributed by atoms with E-state index in [0.717, 1.165) is 22.6 Å². The normalized spacial score (nSPS) is 15.8. The molecule has 0 radical (unpaired) electrons. The summed E-state index contributed by atoms with van der Waals surface area (Å²) in [5, 5.41) is 0. The first-order chi connectivity index (χ1) is 11.7. The minimum absolute atomic E-state index is 0.00276. The van der Waals surface area contributed by atoms with Crippen LogP contribution >= 0.6 is 11.8 Å². The quantitative estimate of drug-likeness (QED) is 0.738. The van der Waals surface area contributed by atoms with E-state index >= 15 is 0 Å². The number of pyridine rings is 1. The van der Waals surface area contributed by atoms with E-state index in [2.05, 4.69) is 42.2 Å². The van der Waals surface area contributed by atoms with Crippen LogP contribution in [-0.2, 0) is 0 Å². The highest BCUT2D eigenvalue weighted by atomic mass is 32.2. The number of aromatic nitrogens is 1. The molecule has 1 N–H and O–H groups in total. The lowest BCUT2D eigenvalue weighted by Gasteiger charge is -2.12. The number of thioether (sulfide) groups is 1. The summed E-state index contributed by atoms with van der Waals surface area (Å²) in [6, 6.07) is 12.7. The number of allylic oxidation sites excluding steroid dienone is 1. The van der Waals surface area contributed by atoms with Gasteiger partial charge in [-0.05, 0) is 55.2 Å². The zero-order valence-electron chi connectivity index (χ0n) is 14.5. The molecule has 0 saturated heterocycles. The molecule has 0 atom stereocenters.